The number of ether oxygens (including phenoxy) is 2. The average Bonchev–Trinajstić information content (AvgIpc) is 2.81. The maximum atomic E-state index is 12.6. The molecule has 8 heteroatoms. The first-order chi connectivity index (χ1) is 15.0. The fourth-order valence-electron chi connectivity index (χ4n) is 3.26. The topological polar surface area (TPSA) is 107 Å². The summed E-state index contributed by atoms with van der Waals surface area (Å²) in [6, 6.07) is 17.1. The zero-order valence-electron chi connectivity index (χ0n) is 16.7. The first-order valence-electron chi connectivity index (χ1n) is 9.30. The molecule has 0 atom stereocenters. The summed E-state index contributed by atoms with van der Waals surface area (Å²) in [5.74, 6) is -0.560. The molecule has 8 nitrogen and oxygen atoms in total. The highest BCUT2D eigenvalue weighted by molar-refractivity contribution is 6.08. The zero-order chi connectivity index (χ0) is 22.0. The summed E-state index contributed by atoms with van der Waals surface area (Å²) in [6.45, 7) is 0. The number of carbonyl (C=O) groups is 2. The Labute approximate surface area is 176 Å². The SMILES string of the molecule is COc1ccc(C(=O)NNC(=O)c2cc3c(ccc4ccccc43)oc2=O)cc1OC. The normalized spacial score (nSPS) is 10.6. The third kappa shape index (κ3) is 3.78. The second kappa shape index (κ2) is 8.19. The molecule has 3 aromatic carbocycles. The molecule has 2 amide bonds. The second-order valence-corrected chi connectivity index (χ2v) is 6.62. The Morgan fingerprint density at radius 2 is 1.55 bits per heavy atom. The van der Waals surface area contributed by atoms with E-state index in [0.717, 1.165) is 10.8 Å². The van der Waals surface area contributed by atoms with Crippen LogP contribution in [-0.2, 0) is 0 Å². The molecule has 0 saturated heterocycles. The van der Waals surface area contributed by atoms with E-state index in [1.807, 2.05) is 30.3 Å². The van der Waals surface area contributed by atoms with Gasteiger partial charge in [0, 0.05) is 10.9 Å². The molecule has 0 spiro atoms. The Morgan fingerprint density at radius 1 is 0.806 bits per heavy atom. The molecule has 0 aliphatic rings. The van der Waals surface area contributed by atoms with Gasteiger partial charge in [-0.3, -0.25) is 20.4 Å². The van der Waals surface area contributed by atoms with Crippen LogP contribution in [0.15, 0.2) is 69.9 Å². The Hall–Kier alpha value is -4.33. The maximum Gasteiger partial charge on any atom is 0.349 e. The summed E-state index contributed by atoms with van der Waals surface area (Å²) in [6.07, 6.45) is 0. The van der Waals surface area contributed by atoms with Gasteiger partial charge in [0.15, 0.2) is 11.5 Å². The van der Waals surface area contributed by atoms with E-state index in [4.69, 9.17) is 13.9 Å². The number of fused-ring (bicyclic) bond motifs is 3. The van der Waals surface area contributed by atoms with Crippen molar-refractivity contribution in [3.63, 3.8) is 0 Å². The van der Waals surface area contributed by atoms with Gasteiger partial charge in [-0.1, -0.05) is 30.3 Å². The molecular formula is C23H18N2O6. The van der Waals surface area contributed by atoms with Crippen molar-refractivity contribution in [1.82, 2.24) is 10.9 Å². The first kappa shape index (κ1) is 20.0. The highest BCUT2D eigenvalue weighted by Gasteiger charge is 2.17. The third-order valence-corrected chi connectivity index (χ3v) is 4.82. The predicted octanol–water partition coefficient (Wildman–Crippen LogP) is 3.04. The number of benzene rings is 3. The molecule has 156 valence electrons. The second-order valence-electron chi connectivity index (χ2n) is 6.62. The van der Waals surface area contributed by atoms with E-state index in [0.29, 0.717) is 22.5 Å². The van der Waals surface area contributed by atoms with Crippen LogP contribution in [-0.4, -0.2) is 26.0 Å². The molecule has 1 aromatic heterocycles. The Bertz CT molecular complexity index is 1380. The van der Waals surface area contributed by atoms with E-state index in [-0.39, 0.29) is 11.1 Å². The Kier molecular flexibility index (Phi) is 5.28. The van der Waals surface area contributed by atoms with Crippen LogP contribution in [0.3, 0.4) is 0 Å². The van der Waals surface area contributed by atoms with Gasteiger partial charge in [-0.2, -0.15) is 0 Å². The van der Waals surface area contributed by atoms with E-state index in [1.54, 1.807) is 12.1 Å². The number of methoxy groups -OCH3 is 2. The van der Waals surface area contributed by atoms with Gasteiger partial charge in [0.2, 0.25) is 0 Å². The van der Waals surface area contributed by atoms with Gasteiger partial charge in [-0.05, 0) is 41.1 Å². The number of hydrogen-bond donors (Lipinski definition) is 2. The largest absolute Gasteiger partial charge is 0.493 e. The lowest BCUT2D eigenvalue weighted by Crippen LogP contribution is -2.43. The van der Waals surface area contributed by atoms with Crippen LogP contribution in [0.2, 0.25) is 0 Å². The number of carbonyl (C=O) groups excluding carboxylic acids is 2. The van der Waals surface area contributed by atoms with Crippen molar-refractivity contribution in [2.24, 2.45) is 0 Å². The number of amides is 2. The van der Waals surface area contributed by atoms with Gasteiger partial charge in [0.1, 0.15) is 11.1 Å². The van der Waals surface area contributed by atoms with Gasteiger partial charge < -0.3 is 13.9 Å². The first-order valence-corrected chi connectivity index (χ1v) is 9.30. The summed E-state index contributed by atoms with van der Waals surface area (Å²) in [7, 11) is 2.93. The molecule has 0 aliphatic carbocycles. The number of hydrogen-bond acceptors (Lipinski definition) is 6. The van der Waals surface area contributed by atoms with E-state index in [2.05, 4.69) is 10.9 Å². The van der Waals surface area contributed by atoms with E-state index in [9.17, 15) is 14.4 Å². The Balaban J connectivity index is 1.58. The summed E-state index contributed by atoms with van der Waals surface area (Å²) in [4.78, 5) is 37.3. The van der Waals surface area contributed by atoms with Crippen molar-refractivity contribution in [1.29, 1.82) is 0 Å². The lowest BCUT2D eigenvalue weighted by atomic mass is 10.0. The van der Waals surface area contributed by atoms with Crippen LogP contribution in [0, 0.1) is 0 Å². The molecule has 4 rings (SSSR count). The molecule has 31 heavy (non-hydrogen) atoms. The van der Waals surface area contributed by atoms with Crippen molar-refractivity contribution < 1.29 is 23.5 Å². The zero-order valence-corrected chi connectivity index (χ0v) is 16.7. The number of rotatable bonds is 4. The minimum Gasteiger partial charge on any atom is -0.493 e. The van der Waals surface area contributed by atoms with Crippen LogP contribution < -0.4 is 26.0 Å². The monoisotopic (exact) mass is 418 g/mol. The molecular weight excluding hydrogens is 400 g/mol. The smallest absolute Gasteiger partial charge is 0.349 e. The van der Waals surface area contributed by atoms with Gasteiger partial charge >= 0.3 is 5.63 Å². The molecule has 0 radical (unpaired) electrons. The van der Waals surface area contributed by atoms with Crippen LogP contribution in [0.1, 0.15) is 20.7 Å². The Morgan fingerprint density at radius 3 is 2.32 bits per heavy atom. The highest BCUT2D eigenvalue weighted by Crippen LogP contribution is 2.27. The number of nitrogens with one attached hydrogen (secondary N) is 2. The average molecular weight is 418 g/mol. The summed E-state index contributed by atoms with van der Waals surface area (Å²) in [5, 5.41) is 2.40. The van der Waals surface area contributed by atoms with Crippen LogP contribution >= 0.6 is 0 Å². The molecule has 0 fully saturated rings. The molecule has 0 bridgehead atoms. The standard InChI is InChI=1S/C23H18N2O6/c1-29-19-10-8-14(11-20(19)30-2)21(26)24-25-22(27)17-12-16-15-6-4-3-5-13(15)7-9-18(16)31-23(17)28/h3-12H,1-2H3,(H,24,26)(H,25,27). The number of hydrazine groups is 1. The summed E-state index contributed by atoms with van der Waals surface area (Å²) < 4.78 is 15.6. The highest BCUT2D eigenvalue weighted by atomic mass is 16.5. The molecule has 1 heterocycles. The van der Waals surface area contributed by atoms with Crippen molar-refractivity contribution >= 4 is 33.6 Å². The molecule has 0 saturated carbocycles. The van der Waals surface area contributed by atoms with E-state index < -0.39 is 17.4 Å². The molecule has 2 N–H and O–H groups in total. The summed E-state index contributed by atoms with van der Waals surface area (Å²) in [5.41, 5.74) is 4.10. The van der Waals surface area contributed by atoms with Crippen LogP contribution in [0.5, 0.6) is 11.5 Å². The molecule has 0 unspecified atom stereocenters. The fourth-order valence-corrected chi connectivity index (χ4v) is 3.26. The quantitative estimate of drug-likeness (QED) is 0.300. The third-order valence-electron chi connectivity index (χ3n) is 4.82. The minimum atomic E-state index is -0.805. The van der Waals surface area contributed by atoms with Gasteiger partial charge in [0.05, 0.1) is 14.2 Å². The van der Waals surface area contributed by atoms with Crippen molar-refractivity contribution in [3.05, 3.63) is 82.2 Å². The molecule has 0 aliphatic heterocycles. The van der Waals surface area contributed by atoms with Crippen molar-refractivity contribution in [2.75, 3.05) is 14.2 Å². The fraction of sp³-hybridized carbons (Fsp3) is 0.0870. The van der Waals surface area contributed by atoms with Gasteiger partial charge in [0.25, 0.3) is 11.8 Å². The van der Waals surface area contributed by atoms with Gasteiger partial charge in [-0.15, -0.1) is 0 Å². The lowest BCUT2D eigenvalue weighted by molar-refractivity contribution is 0.0844. The van der Waals surface area contributed by atoms with Crippen LogP contribution in [0.25, 0.3) is 21.7 Å². The summed E-state index contributed by atoms with van der Waals surface area (Å²) >= 11 is 0. The van der Waals surface area contributed by atoms with E-state index >= 15 is 0 Å². The van der Waals surface area contributed by atoms with E-state index in [1.165, 1.54) is 32.4 Å². The minimum absolute atomic E-state index is 0.225. The molecule has 4 aromatic rings. The lowest BCUT2D eigenvalue weighted by Gasteiger charge is -2.11. The van der Waals surface area contributed by atoms with Crippen molar-refractivity contribution in [2.45, 2.75) is 0 Å². The predicted molar refractivity (Wildman–Crippen MR) is 114 cm³/mol. The van der Waals surface area contributed by atoms with Crippen molar-refractivity contribution in [3.8, 4) is 11.5 Å². The maximum absolute atomic E-state index is 12.6. The van der Waals surface area contributed by atoms with Gasteiger partial charge in [-0.25, -0.2) is 4.79 Å². The van der Waals surface area contributed by atoms with Crippen LogP contribution in [0.4, 0.5) is 0 Å².